The first kappa shape index (κ1) is 9.16. The fraction of sp³-hybridized carbons (Fsp3) is 0.0714. The van der Waals surface area contributed by atoms with Crippen molar-refractivity contribution in [3.05, 3.63) is 60.3 Å². The molecule has 0 aromatic heterocycles. The molecule has 0 aliphatic carbocycles. The highest BCUT2D eigenvalue weighted by atomic mass is 16.5. The Kier molecular flexibility index (Phi) is 2.18. The molecule has 2 nitrogen and oxygen atoms in total. The van der Waals surface area contributed by atoms with Gasteiger partial charge in [-0.1, -0.05) is 30.3 Å². The lowest BCUT2D eigenvalue weighted by Gasteiger charge is -2.10. The summed E-state index contributed by atoms with van der Waals surface area (Å²) in [6.07, 6.45) is 3.68. The largest absolute Gasteiger partial charge is 0.473 e. The Labute approximate surface area is 93.9 Å². The average molecular weight is 209 g/mol. The molecule has 0 bridgehead atoms. The second-order valence-corrected chi connectivity index (χ2v) is 3.69. The van der Waals surface area contributed by atoms with Gasteiger partial charge in [-0.15, -0.1) is 0 Å². The predicted octanol–water partition coefficient (Wildman–Crippen LogP) is 3.13. The molecule has 0 atom stereocenters. The summed E-state index contributed by atoms with van der Waals surface area (Å²) >= 11 is 0. The van der Waals surface area contributed by atoms with Crippen LogP contribution in [0.5, 0.6) is 0 Å². The van der Waals surface area contributed by atoms with Crippen LogP contribution in [0.4, 0.5) is 0 Å². The van der Waals surface area contributed by atoms with Crippen LogP contribution in [-0.4, -0.2) is 12.5 Å². The number of fused-ring (bicyclic) bond motifs is 1. The minimum atomic E-state index is 0.603. The van der Waals surface area contributed by atoms with Gasteiger partial charge in [-0.3, -0.25) is 0 Å². The van der Waals surface area contributed by atoms with Crippen LogP contribution in [-0.2, 0) is 4.74 Å². The van der Waals surface area contributed by atoms with Gasteiger partial charge in [0.1, 0.15) is 6.61 Å². The maximum Gasteiger partial charge on any atom is 0.221 e. The summed E-state index contributed by atoms with van der Waals surface area (Å²) < 4.78 is 5.48. The second-order valence-electron chi connectivity index (χ2n) is 3.69. The van der Waals surface area contributed by atoms with E-state index in [4.69, 9.17) is 4.74 Å². The molecule has 0 radical (unpaired) electrons. The smallest absolute Gasteiger partial charge is 0.221 e. The Morgan fingerprint density at radius 3 is 2.69 bits per heavy atom. The topological polar surface area (TPSA) is 21.6 Å². The molecule has 0 saturated carbocycles. The predicted molar refractivity (Wildman–Crippen MR) is 65.6 cm³/mol. The van der Waals surface area contributed by atoms with E-state index >= 15 is 0 Å². The summed E-state index contributed by atoms with van der Waals surface area (Å²) in [4.78, 5) is 4.22. The van der Waals surface area contributed by atoms with E-state index in [0.29, 0.717) is 12.5 Å². The fourth-order valence-corrected chi connectivity index (χ4v) is 1.81. The fourth-order valence-electron chi connectivity index (χ4n) is 1.81. The van der Waals surface area contributed by atoms with Crippen LogP contribution in [0, 0.1) is 0 Å². The van der Waals surface area contributed by atoms with Crippen molar-refractivity contribution >= 4 is 16.7 Å². The number of hydrogen-bond acceptors (Lipinski definition) is 2. The molecule has 2 aromatic rings. The lowest BCUT2D eigenvalue weighted by molar-refractivity contribution is 0.346. The van der Waals surface area contributed by atoms with Crippen LogP contribution in [0.3, 0.4) is 0 Å². The number of hydrogen-bond donors (Lipinski definition) is 0. The van der Waals surface area contributed by atoms with Crippen LogP contribution in [0.1, 0.15) is 5.56 Å². The third kappa shape index (κ3) is 1.58. The number of benzene rings is 2. The minimum absolute atomic E-state index is 0.603. The summed E-state index contributed by atoms with van der Waals surface area (Å²) in [5, 5.41) is 2.44. The molecule has 1 aliphatic rings. The summed E-state index contributed by atoms with van der Waals surface area (Å²) in [7, 11) is 0. The zero-order valence-electron chi connectivity index (χ0n) is 8.76. The van der Waals surface area contributed by atoms with Gasteiger partial charge in [0.2, 0.25) is 5.90 Å². The Bertz CT molecular complexity index is 584. The van der Waals surface area contributed by atoms with E-state index in [1.165, 1.54) is 10.8 Å². The van der Waals surface area contributed by atoms with Crippen LogP contribution in [0.2, 0.25) is 0 Å². The first-order chi connectivity index (χ1) is 7.93. The minimum Gasteiger partial charge on any atom is -0.473 e. The maximum absolute atomic E-state index is 5.48. The molecule has 0 spiro atoms. The average Bonchev–Trinajstić information content (AvgIpc) is 2.39. The molecule has 0 unspecified atom stereocenters. The normalized spacial score (nSPS) is 14.6. The van der Waals surface area contributed by atoms with E-state index in [2.05, 4.69) is 29.3 Å². The van der Waals surface area contributed by atoms with Crippen LogP contribution in [0.25, 0.3) is 10.8 Å². The lowest BCUT2D eigenvalue weighted by Crippen LogP contribution is -2.09. The molecule has 0 amide bonds. The van der Waals surface area contributed by atoms with E-state index in [9.17, 15) is 0 Å². The quantitative estimate of drug-likeness (QED) is 0.707. The third-order valence-electron chi connectivity index (χ3n) is 2.61. The van der Waals surface area contributed by atoms with Crippen molar-refractivity contribution in [2.24, 2.45) is 4.99 Å². The first-order valence-electron chi connectivity index (χ1n) is 5.28. The number of rotatable bonds is 1. The van der Waals surface area contributed by atoms with E-state index in [-0.39, 0.29) is 0 Å². The van der Waals surface area contributed by atoms with Gasteiger partial charge >= 0.3 is 0 Å². The van der Waals surface area contributed by atoms with E-state index in [0.717, 1.165) is 5.56 Å². The van der Waals surface area contributed by atoms with Gasteiger partial charge in [-0.05, 0) is 29.0 Å². The van der Waals surface area contributed by atoms with Crippen molar-refractivity contribution in [2.75, 3.05) is 6.61 Å². The van der Waals surface area contributed by atoms with Crippen LogP contribution >= 0.6 is 0 Å². The Balaban J connectivity index is 2.11. The first-order valence-corrected chi connectivity index (χ1v) is 5.28. The Morgan fingerprint density at radius 2 is 1.88 bits per heavy atom. The van der Waals surface area contributed by atoms with Gasteiger partial charge < -0.3 is 4.74 Å². The number of aliphatic imine (C=N–C) groups is 1. The molecule has 16 heavy (non-hydrogen) atoms. The zero-order valence-corrected chi connectivity index (χ0v) is 8.76. The molecule has 1 heterocycles. The molecule has 78 valence electrons. The van der Waals surface area contributed by atoms with Gasteiger partial charge in [0.15, 0.2) is 0 Å². The molecule has 0 fully saturated rings. The SMILES string of the molecule is C1=CN=C(c2ccc3ccccc3c2)OC1. The van der Waals surface area contributed by atoms with Gasteiger partial charge in [0.05, 0.1) is 0 Å². The summed E-state index contributed by atoms with van der Waals surface area (Å²) in [6.45, 7) is 0.603. The summed E-state index contributed by atoms with van der Waals surface area (Å²) in [5.74, 6) is 0.702. The third-order valence-corrected chi connectivity index (χ3v) is 2.61. The van der Waals surface area contributed by atoms with Crippen molar-refractivity contribution in [3.63, 3.8) is 0 Å². The van der Waals surface area contributed by atoms with Crippen molar-refractivity contribution < 1.29 is 4.74 Å². The zero-order chi connectivity index (χ0) is 10.8. The van der Waals surface area contributed by atoms with Gasteiger partial charge in [0, 0.05) is 11.8 Å². The monoisotopic (exact) mass is 209 g/mol. The molecular formula is C14H11NO. The number of nitrogens with zero attached hydrogens (tertiary/aromatic N) is 1. The van der Waals surface area contributed by atoms with Crippen LogP contribution in [0.15, 0.2) is 59.7 Å². The van der Waals surface area contributed by atoms with Gasteiger partial charge in [-0.25, -0.2) is 4.99 Å². The highest BCUT2D eigenvalue weighted by Crippen LogP contribution is 2.17. The molecule has 0 saturated heterocycles. The van der Waals surface area contributed by atoms with E-state index in [1.807, 2.05) is 24.3 Å². The highest BCUT2D eigenvalue weighted by Gasteiger charge is 2.06. The highest BCUT2D eigenvalue weighted by molar-refractivity contribution is 5.99. The van der Waals surface area contributed by atoms with E-state index < -0.39 is 0 Å². The molecule has 0 N–H and O–H groups in total. The molecule has 2 heteroatoms. The second kappa shape index (κ2) is 3.81. The molecule has 1 aliphatic heterocycles. The van der Waals surface area contributed by atoms with Crippen molar-refractivity contribution in [1.29, 1.82) is 0 Å². The molecule has 2 aromatic carbocycles. The van der Waals surface area contributed by atoms with Gasteiger partial charge in [0.25, 0.3) is 0 Å². The Morgan fingerprint density at radius 1 is 1.00 bits per heavy atom. The molecular weight excluding hydrogens is 198 g/mol. The summed E-state index contributed by atoms with van der Waals surface area (Å²) in [6, 6.07) is 14.5. The van der Waals surface area contributed by atoms with E-state index in [1.54, 1.807) is 6.20 Å². The Hall–Kier alpha value is -2.09. The maximum atomic E-state index is 5.48. The van der Waals surface area contributed by atoms with Crippen molar-refractivity contribution in [1.82, 2.24) is 0 Å². The van der Waals surface area contributed by atoms with Crippen molar-refractivity contribution in [3.8, 4) is 0 Å². The van der Waals surface area contributed by atoms with Crippen molar-refractivity contribution in [2.45, 2.75) is 0 Å². The standard InChI is InChI=1S/C14H11NO/c1-2-5-12-10-13(7-6-11(12)4-1)14-15-8-3-9-16-14/h1-8,10H,9H2. The van der Waals surface area contributed by atoms with Crippen LogP contribution < -0.4 is 0 Å². The van der Waals surface area contributed by atoms with Gasteiger partial charge in [-0.2, -0.15) is 0 Å². The lowest BCUT2D eigenvalue weighted by atomic mass is 10.1. The molecule has 3 rings (SSSR count). The summed E-state index contributed by atoms with van der Waals surface area (Å²) in [5.41, 5.74) is 1.03. The number of ether oxygens (including phenoxy) is 1.